The number of piperazine rings is 1. The smallest absolute Gasteiger partial charge is 0.289 e. The highest BCUT2D eigenvalue weighted by Crippen LogP contribution is 2.24. The van der Waals surface area contributed by atoms with Crippen LogP contribution in [0.4, 0.5) is 5.69 Å². The monoisotopic (exact) mass is 314 g/mol. The summed E-state index contributed by atoms with van der Waals surface area (Å²) in [5.41, 5.74) is 2.03. The molecular weight excluding hydrogens is 292 g/mol. The lowest BCUT2D eigenvalue weighted by Gasteiger charge is -2.36. The van der Waals surface area contributed by atoms with Gasteiger partial charge in [-0.05, 0) is 36.2 Å². The van der Waals surface area contributed by atoms with Crippen molar-refractivity contribution in [3.05, 3.63) is 47.9 Å². The Labute approximate surface area is 136 Å². The van der Waals surface area contributed by atoms with E-state index in [1.165, 1.54) is 0 Å². The molecule has 5 heteroatoms. The molecule has 2 heterocycles. The van der Waals surface area contributed by atoms with E-state index in [0.717, 1.165) is 24.3 Å². The first-order valence-electron chi connectivity index (χ1n) is 7.97. The Morgan fingerprint density at radius 2 is 1.74 bits per heavy atom. The molecule has 1 aromatic heterocycles. The lowest BCUT2D eigenvalue weighted by Crippen LogP contribution is -2.48. The van der Waals surface area contributed by atoms with Crippen molar-refractivity contribution in [3.63, 3.8) is 0 Å². The summed E-state index contributed by atoms with van der Waals surface area (Å²) < 4.78 is 5.43. The second-order valence-electron chi connectivity index (χ2n) is 6.16. The highest BCUT2D eigenvalue weighted by Gasteiger charge is 2.26. The van der Waals surface area contributed by atoms with Crippen LogP contribution in [0.2, 0.25) is 0 Å². The number of hydrogen-bond acceptors (Lipinski definition) is 4. The third kappa shape index (κ3) is 3.18. The summed E-state index contributed by atoms with van der Waals surface area (Å²) in [6.07, 6.45) is 1.59. The fourth-order valence-corrected chi connectivity index (χ4v) is 2.92. The number of nitrogens with zero attached hydrogens (tertiary/aromatic N) is 2. The van der Waals surface area contributed by atoms with Gasteiger partial charge in [-0.2, -0.15) is 0 Å². The predicted octanol–water partition coefficient (Wildman–Crippen LogP) is 3.07. The summed E-state index contributed by atoms with van der Waals surface area (Å²) in [6, 6.07) is 9.05. The van der Waals surface area contributed by atoms with Gasteiger partial charge in [0, 0.05) is 37.4 Å². The van der Waals surface area contributed by atoms with Crippen LogP contribution in [-0.2, 0) is 0 Å². The van der Waals surface area contributed by atoms with E-state index in [1.807, 2.05) is 23.1 Å². The van der Waals surface area contributed by atoms with E-state index in [2.05, 4.69) is 18.7 Å². The number of benzene rings is 1. The van der Waals surface area contributed by atoms with Crippen molar-refractivity contribution in [3.8, 4) is 5.75 Å². The summed E-state index contributed by atoms with van der Waals surface area (Å²) in [6.45, 7) is 6.99. The summed E-state index contributed by atoms with van der Waals surface area (Å²) in [5.74, 6) is 0.981. The summed E-state index contributed by atoms with van der Waals surface area (Å²) in [7, 11) is 0. The van der Waals surface area contributed by atoms with Crippen LogP contribution in [-0.4, -0.2) is 42.1 Å². The number of amides is 1. The van der Waals surface area contributed by atoms with Crippen molar-refractivity contribution in [1.29, 1.82) is 0 Å². The predicted molar refractivity (Wildman–Crippen MR) is 89.0 cm³/mol. The van der Waals surface area contributed by atoms with Gasteiger partial charge in [0.1, 0.15) is 5.75 Å². The Kier molecular flexibility index (Phi) is 4.28. The van der Waals surface area contributed by atoms with Gasteiger partial charge in [-0.3, -0.25) is 4.79 Å². The maximum absolute atomic E-state index is 12.7. The number of phenolic OH excluding ortho intramolecular Hbond substituents is 1. The Morgan fingerprint density at radius 3 is 2.35 bits per heavy atom. The van der Waals surface area contributed by atoms with Gasteiger partial charge in [0.2, 0.25) is 0 Å². The Balaban J connectivity index is 1.65. The van der Waals surface area contributed by atoms with Gasteiger partial charge in [0.25, 0.3) is 5.91 Å². The number of aromatic hydroxyl groups is 1. The average molecular weight is 314 g/mol. The second-order valence-corrected chi connectivity index (χ2v) is 6.16. The fraction of sp³-hybridized carbons (Fsp3) is 0.389. The molecule has 3 rings (SSSR count). The molecule has 122 valence electrons. The fourth-order valence-electron chi connectivity index (χ4n) is 2.92. The van der Waals surface area contributed by atoms with Crippen molar-refractivity contribution >= 4 is 11.6 Å². The average Bonchev–Trinajstić information content (AvgIpc) is 3.05. The minimum absolute atomic E-state index is 0.0240. The quantitative estimate of drug-likeness (QED) is 0.946. The number of carbonyl (C=O) groups is 1. The molecule has 1 aliphatic rings. The molecule has 0 spiro atoms. The van der Waals surface area contributed by atoms with E-state index >= 15 is 0 Å². The molecule has 1 amide bonds. The van der Waals surface area contributed by atoms with Crippen LogP contribution in [0.15, 0.2) is 41.0 Å². The molecule has 23 heavy (non-hydrogen) atoms. The first-order chi connectivity index (χ1) is 11.1. The largest absolute Gasteiger partial charge is 0.508 e. The third-order valence-corrected chi connectivity index (χ3v) is 4.29. The number of anilines is 1. The molecule has 0 bridgehead atoms. The van der Waals surface area contributed by atoms with E-state index in [-0.39, 0.29) is 17.6 Å². The van der Waals surface area contributed by atoms with E-state index in [9.17, 15) is 9.90 Å². The number of furan rings is 1. The van der Waals surface area contributed by atoms with Crippen molar-refractivity contribution in [1.82, 2.24) is 4.90 Å². The standard InChI is InChI=1S/C18H22N2O3/c1-13(2)16-7-12-23-17(16)18(22)20-10-8-19(9-11-20)14-3-5-15(21)6-4-14/h3-7,12-13,21H,8-11H2,1-2H3. The molecule has 1 N–H and O–H groups in total. The molecule has 0 unspecified atom stereocenters. The van der Waals surface area contributed by atoms with Crippen molar-refractivity contribution in [2.45, 2.75) is 19.8 Å². The molecule has 0 aliphatic carbocycles. The Morgan fingerprint density at radius 1 is 1.09 bits per heavy atom. The molecule has 0 atom stereocenters. The van der Waals surface area contributed by atoms with Crippen LogP contribution >= 0.6 is 0 Å². The van der Waals surface area contributed by atoms with E-state index < -0.39 is 0 Å². The molecule has 1 aliphatic heterocycles. The molecule has 0 saturated carbocycles. The lowest BCUT2D eigenvalue weighted by atomic mass is 10.0. The molecule has 2 aromatic rings. The number of hydrogen-bond donors (Lipinski definition) is 1. The van der Waals surface area contributed by atoms with Crippen LogP contribution in [0.1, 0.15) is 35.9 Å². The second kappa shape index (κ2) is 6.36. The SMILES string of the molecule is CC(C)c1ccoc1C(=O)N1CCN(c2ccc(O)cc2)CC1. The minimum atomic E-state index is -0.0240. The topological polar surface area (TPSA) is 56.9 Å². The summed E-state index contributed by atoms with van der Waals surface area (Å²) in [4.78, 5) is 16.7. The highest BCUT2D eigenvalue weighted by molar-refractivity contribution is 5.93. The number of phenols is 1. The molecule has 1 aromatic carbocycles. The Bertz CT molecular complexity index is 668. The normalized spacial score (nSPS) is 15.3. The summed E-state index contributed by atoms with van der Waals surface area (Å²) >= 11 is 0. The van der Waals surface area contributed by atoms with Crippen molar-refractivity contribution in [2.24, 2.45) is 0 Å². The molecule has 1 saturated heterocycles. The number of rotatable bonds is 3. The van der Waals surface area contributed by atoms with Crippen molar-refractivity contribution < 1.29 is 14.3 Å². The van der Waals surface area contributed by atoms with E-state index in [4.69, 9.17) is 4.42 Å². The minimum Gasteiger partial charge on any atom is -0.508 e. The van der Waals surface area contributed by atoms with Gasteiger partial charge in [0.05, 0.1) is 6.26 Å². The third-order valence-electron chi connectivity index (χ3n) is 4.29. The van der Waals surface area contributed by atoms with Gasteiger partial charge >= 0.3 is 0 Å². The van der Waals surface area contributed by atoms with Crippen molar-refractivity contribution in [2.75, 3.05) is 31.1 Å². The van der Waals surface area contributed by atoms with Crippen LogP contribution in [0.5, 0.6) is 5.75 Å². The van der Waals surface area contributed by atoms with Gasteiger partial charge in [-0.15, -0.1) is 0 Å². The lowest BCUT2D eigenvalue weighted by molar-refractivity contribution is 0.0712. The first-order valence-corrected chi connectivity index (χ1v) is 7.97. The molecule has 5 nitrogen and oxygen atoms in total. The van der Waals surface area contributed by atoms with Crippen LogP contribution in [0, 0.1) is 0 Å². The van der Waals surface area contributed by atoms with Gasteiger partial charge < -0.3 is 19.3 Å². The first kappa shape index (κ1) is 15.5. The van der Waals surface area contributed by atoms with Gasteiger partial charge in [-0.25, -0.2) is 0 Å². The van der Waals surface area contributed by atoms with Gasteiger partial charge in [0.15, 0.2) is 5.76 Å². The number of carbonyl (C=O) groups excluding carboxylic acids is 1. The van der Waals surface area contributed by atoms with Crippen LogP contribution < -0.4 is 4.90 Å². The molecular formula is C18H22N2O3. The zero-order chi connectivity index (χ0) is 16.4. The molecule has 0 radical (unpaired) electrons. The maximum Gasteiger partial charge on any atom is 0.289 e. The maximum atomic E-state index is 12.7. The van der Waals surface area contributed by atoms with E-state index in [0.29, 0.717) is 18.8 Å². The highest BCUT2D eigenvalue weighted by atomic mass is 16.3. The van der Waals surface area contributed by atoms with Crippen LogP contribution in [0.25, 0.3) is 0 Å². The van der Waals surface area contributed by atoms with Crippen LogP contribution in [0.3, 0.4) is 0 Å². The Hall–Kier alpha value is -2.43. The zero-order valence-corrected chi connectivity index (χ0v) is 13.5. The summed E-state index contributed by atoms with van der Waals surface area (Å²) in [5, 5.41) is 9.36. The van der Waals surface area contributed by atoms with Gasteiger partial charge in [-0.1, -0.05) is 13.8 Å². The zero-order valence-electron chi connectivity index (χ0n) is 13.5. The van der Waals surface area contributed by atoms with E-state index in [1.54, 1.807) is 18.4 Å². The molecule has 1 fully saturated rings.